The lowest BCUT2D eigenvalue weighted by molar-refractivity contribution is 1.32. The van der Waals surface area contributed by atoms with Gasteiger partial charge in [-0.25, -0.2) is 0 Å². The van der Waals surface area contributed by atoms with Crippen molar-refractivity contribution in [3.63, 3.8) is 0 Å². The summed E-state index contributed by atoms with van der Waals surface area (Å²) in [4.78, 5) is 0. The number of benzene rings is 9. The number of allylic oxidation sites excluding steroid dienone is 1. The minimum Gasteiger partial charge on any atom is -0.0930 e. The third-order valence-electron chi connectivity index (χ3n) is 10.5. The molecule has 0 spiro atoms. The Bertz CT molecular complexity index is 2910. The summed E-state index contributed by atoms with van der Waals surface area (Å²) in [5, 5.41) is 9.97. The van der Waals surface area contributed by atoms with E-state index < -0.39 is 0 Å². The molecule has 51 heavy (non-hydrogen) atoms. The van der Waals surface area contributed by atoms with Gasteiger partial charge in [0.1, 0.15) is 0 Å². The van der Waals surface area contributed by atoms with E-state index in [0.717, 1.165) is 11.1 Å². The molecule has 0 amide bonds. The molecule has 0 saturated heterocycles. The van der Waals surface area contributed by atoms with E-state index in [0.29, 0.717) is 6.42 Å². The van der Waals surface area contributed by atoms with Gasteiger partial charge in [-0.3, -0.25) is 0 Å². The van der Waals surface area contributed by atoms with Crippen LogP contribution in [0.5, 0.6) is 0 Å². The largest absolute Gasteiger partial charge is 0.0930 e. The van der Waals surface area contributed by atoms with Crippen LogP contribution in [-0.4, -0.2) is 0 Å². The van der Waals surface area contributed by atoms with Crippen molar-refractivity contribution < 1.29 is 0 Å². The molecule has 0 nitrogen and oxygen atoms in total. The maximum Gasteiger partial charge on any atom is 0.0356 e. The summed E-state index contributed by atoms with van der Waals surface area (Å²) in [6, 6.07) is 64.1. The van der Waals surface area contributed by atoms with Gasteiger partial charge in [0.15, 0.2) is 0 Å². The molecule has 1 aliphatic rings. The van der Waals surface area contributed by atoms with Crippen molar-refractivity contribution in [1.82, 2.24) is 0 Å². The van der Waals surface area contributed by atoms with Crippen molar-refractivity contribution in [2.75, 3.05) is 0 Å². The zero-order valence-electron chi connectivity index (χ0n) is 28.0. The summed E-state index contributed by atoms with van der Waals surface area (Å²) >= 11 is 0. The summed E-state index contributed by atoms with van der Waals surface area (Å²) in [5.41, 5.74) is 12.1. The number of hydrogen-bond donors (Lipinski definition) is 0. The van der Waals surface area contributed by atoms with Crippen molar-refractivity contribution in [1.29, 1.82) is 0 Å². The highest BCUT2D eigenvalue weighted by Crippen LogP contribution is 2.48. The zero-order valence-corrected chi connectivity index (χ0v) is 28.0. The molecule has 236 valence electrons. The maximum absolute atomic E-state index is 3.64. The van der Waals surface area contributed by atoms with Crippen LogP contribution in [0.25, 0.3) is 88.1 Å². The molecule has 0 N–H and O–H groups in total. The van der Waals surface area contributed by atoms with Gasteiger partial charge in [0, 0.05) is 12.0 Å². The van der Waals surface area contributed by atoms with Crippen LogP contribution >= 0.6 is 0 Å². The highest BCUT2D eigenvalue weighted by Gasteiger charge is 2.24. The minimum absolute atomic E-state index is 0.646. The van der Waals surface area contributed by atoms with E-state index in [9.17, 15) is 0 Å². The Morgan fingerprint density at radius 2 is 0.902 bits per heavy atom. The third-order valence-corrected chi connectivity index (χ3v) is 10.5. The van der Waals surface area contributed by atoms with Crippen molar-refractivity contribution in [3.8, 4) is 45.2 Å². The predicted octanol–water partition coefficient (Wildman–Crippen LogP) is 13.4. The van der Waals surface area contributed by atoms with Gasteiger partial charge in [-0.2, -0.15) is 0 Å². The topological polar surface area (TPSA) is 0 Å². The second kappa shape index (κ2) is 12.0. The smallest absolute Gasteiger partial charge is 0.0356 e. The second-order valence-corrected chi connectivity index (χ2v) is 13.4. The molecule has 0 atom stereocenters. The van der Waals surface area contributed by atoms with Gasteiger partial charge >= 0.3 is 0 Å². The van der Waals surface area contributed by atoms with Crippen LogP contribution in [0.4, 0.5) is 0 Å². The van der Waals surface area contributed by atoms with Gasteiger partial charge in [0.25, 0.3) is 0 Å². The highest BCUT2D eigenvalue weighted by molar-refractivity contribution is 6.18. The summed E-state index contributed by atoms with van der Waals surface area (Å²) in [6.07, 6.45) is 3.02. The monoisotopic (exact) mass is 644 g/mol. The fourth-order valence-electron chi connectivity index (χ4n) is 8.22. The van der Waals surface area contributed by atoms with E-state index in [1.54, 1.807) is 0 Å². The van der Waals surface area contributed by atoms with E-state index in [-0.39, 0.29) is 0 Å². The van der Waals surface area contributed by atoms with Gasteiger partial charge < -0.3 is 0 Å². The minimum atomic E-state index is 0.646. The molecule has 0 radical (unpaired) electrons. The quantitative estimate of drug-likeness (QED) is 0.167. The molecule has 0 aromatic heterocycles. The molecule has 0 heteroatoms. The number of fused-ring (bicyclic) bond motifs is 5. The first kappa shape index (κ1) is 29.3. The zero-order chi connectivity index (χ0) is 33.7. The Labute approximate surface area is 298 Å². The first-order valence-corrected chi connectivity index (χ1v) is 17.6. The Balaban J connectivity index is 1.40. The molecule has 9 aromatic carbocycles. The number of hydrogen-bond acceptors (Lipinski definition) is 0. The molecular weight excluding hydrogens is 613 g/mol. The lowest BCUT2D eigenvalue weighted by Gasteiger charge is -2.23. The normalized spacial score (nSPS) is 12.4. The van der Waals surface area contributed by atoms with Crippen LogP contribution in [0.3, 0.4) is 0 Å². The van der Waals surface area contributed by atoms with Crippen LogP contribution < -0.4 is 0 Å². The average molecular weight is 645 g/mol. The third kappa shape index (κ3) is 4.86. The molecule has 0 fully saturated rings. The Kier molecular flexibility index (Phi) is 6.90. The molecule has 0 bridgehead atoms. The van der Waals surface area contributed by atoms with E-state index in [1.807, 2.05) is 0 Å². The van der Waals surface area contributed by atoms with Crippen molar-refractivity contribution in [3.05, 3.63) is 193 Å². The lowest BCUT2D eigenvalue weighted by atomic mass is 9.79. The van der Waals surface area contributed by atoms with Gasteiger partial charge in [0.2, 0.25) is 0 Å². The fourth-order valence-corrected chi connectivity index (χ4v) is 8.22. The van der Waals surface area contributed by atoms with Crippen molar-refractivity contribution in [2.45, 2.75) is 6.42 Å². The summed E-state index contributed by atoms with van der Waals surface area (Å²) in [6.45, 7) is 0. The molecule has 1 aliphatic carbocycles. The van der Waals surface area contributed by atoms with E-state index in [2.05, 4.69) is 194 Å². The molecule has 0 unspecified atom stereocenters. The van der Waals surface area contributed by atoms with E-state index in [4.69, 9.17) is 0 Å². The second-order valence-electron chi connectivity index (χ2n) is 13.4. The van der Waals surface area contributed by atoms with Gasteiger partial charge in [-0.15, -0.1) is 0 Å². The van der Waals surface area contributed by atoms with Crippen LogP contribution in [0.1, 0.15) is 16.7 Å². The first-order chi connectivity index (χ1) is 25.3. The molecule has 9 aromatic rings. The van der Waals surface area contributed by atoms with Gasteiger partial charge in [-0.05, 0) is 105 Å². The van der Waals surface area contributed by atoms with Gasteiger partial charge in [0.05, 0.1) is 0 Å². The fraction of sp³-hybridized carbons (Fsp3) is 0.0196. The molecule has 0 heterocycles. The van der Waals surface area contributed by atoms with Crippen molar-refractivity contribution >= 4 is 54.7 Å². The van der Waals surface area contributed by atoms with Crippen LogP contribution in [0.15, 0.2) is 176 Å². The van der Waals surface area contributed by atoms with Crippen molar-refractivity contribution in [2.24, 2.45) is 0 Å². The highest BCUT2D eigenvalue weighted by atomic mass is 14.3. The summed E-state index contributed by atoms with van der Waals surface area (Å²) in [7, 11) is 0. The molecule has 0 aliphatic heterocycles. The maximum atomic E-state index is 3.64. The first-order valence-electron chi connectivity index (χ1n) is 17.6. The van der Waals surface area contributed by atoms with Crippen LogP contribution in [0.2, 0.25) is 0 Å². The Hall–Kier alpha value is -6.68. The average Bonchev–Trinajstić information content (AvgIpc) is 3.43. The van der Waals surface area contributed by atoms with Crippen LogP contribution in [0, 0.1) is 11.8 Å². The van der Waals surface area contributed by atoms with Gasteiger partial charge in [-0.1, -0.05) is 182 Å². The SMILES string of the molecule is C1#CC(c2ccccc2)=Cc2c(c(-c3cccc4ccccc34)c3cc(-c4cccc5ccccc45)ccc3c2-c2cccc3ccccc23)C1. The lowest BCUT2D eigenvalue weighted by Crippen LogP contribution is -2.00. The summed E-state index contributed by atoms with van der Waals surface area (Å²) in [5.74, 6) is 7.24. The molecular formula is C51H32. The van der Waals surface area contributed by atoms with E-state index >= 15 is 0 Å². The predicted molar refractivity (Wildman–Crippen MR) is 219 cm³/mol. The van der Waals surface area contributed by atoms with E-state index in [1.165, 1.54) is 87.6 Å². The standard InChI is InChI=1S/C51H32/c1-2-14-34(15-3-1)38-22-13-29-46-48(32-38)51(45-28-12-21-37-18-6-9-25-42(37)45)47-31-30-39(43-26-10-19-35-16-4-7-23-40(35)43)33-49(47)50(46)44-27-11-20-36-17-5-8-24-41(36)44/h1-12,14-21,23-28,30-33H,29H2. The Morgan fingerprint density at radius 3 is 1.55 bits per heavy atom. The molecule has 0 saturated carbocycles. The number of rotatable bonds is 4. The Morgan fingerprint density at radius 1 is 0.373 bits per heavy atom. The molecule has 10 rings (SSSR count). The van der Waals surface area contributed by atoms with Crippen LogP contribution in [-0.2, 0) is 6.42 Å². The summed E-state index contributed by atoms with van der Waals surface area (Å²) < 4.78 is 0.